The highest BCUT2D eigenvalue weighted by atomic mass is 32.2. The molecular weight excluding hydrogens is 436 g/mol. The lowest BCUT2D eigenvalue weighted by molar-refractivity contribution is -0.122. The second kappa shape index (κ2) is 11.6. The molecule has 9 nitrogen and oxygen atoms in total. The molecule has 0 saturated heterocycles. The molecule has 0 fully saturated rings. The Morgan fingerprint density at radius 2 is 1.75 bits per heavy atom. The van der Waals surface area contributed by atoms with Crippen LogP contribution in [0.15, 0.2) is 53.4 Å². The van der Waals surface area contributed by atoms with E-state index in [-0.39, 0.29) is 35.4 Å². The van der Waals surface area contributed by atoms with Crippen molar-refractivity contribution in [3.05, 3.63) is 54.1 Å². The molecule has 0 aliphatic heterocycles. The number of hydrogen-bond acceptors (Lipinski definition) is 7. The van der Waals surface area contributed by atoms with Gasteiger partial charge in [-0.25, -0.2) is 17.9 Å². The highest BCUT2D eigenvalue weighted by molar-refractivity contribution is 7.89. The van der Waals surface area contributed by atoms with Crippen molar-refractivity contribution < 1.29 is 32.2 Å². The number of anilines is 1. The van der Waals surface area contributed by atoms with Gasteiger partial charge in [-0.15, -0.1) is 0 Å². The second-order valence-corrected chi connectivity index (χ2v) is 8.76. The zero-order valence-electron chi connectivity index (χ0n) is 18.5. The van der Waals surface area contributed by atoms with E-state index in [4.69, 9.17) is 14.2 Å². The Morgan fingerprint density at radius 3 is 2.34 bits per heavy atom. The third-order valence-corrected chi connectivity index (χ3v) is 5.92. The van der Waals surface area contributed by atoms with Crippen LogP contribution in [0.25, 0.3) is 0 Å². The predicted molar refractivity (Wildman–Crippen MR) is 119 cm³/mol. The Kier molecular flexibility index (Phi) is 9.18. The molecule has 0 spiro atoms. The molecule has 2 aromatic rings. The van der Waals surface area contributed by atoms with Crippen LogP contribution < -0.4 is 14.4 Å². The molecule has 0 aliphatic carbocycles. The van der Waals surface area contributed by atoms with E-state index in [2.05, 4.69) is 4.72 Å². The average Bonchev–Trinajstić information content (AvgIpc) is 2.77. The summed E-state index contributed by atoms with van der Waals surface area (Å²) >= 11 is 0. The molecule has 0 aromatic heterocycles. The lowest BCUT2D eigenvalue weighted by atomic mass is 10.2. The molecule has 0 bridgehead atoms. The van der Waals surface area contributed by atoms with Gasteiger partial charge in [0.2, 0.25) is 10.0 Å². The van der Waals surface area contributed by atoms with Gasteiger partial charge < -0.3 is 19.1 Å². The first-order chi connectivity index (χ1) is 15.2. The van der Waals surface area contributed by atoms with Crippen LogP contribution in [0.3, 0.4) is 0 Å². The van der Waals surface area contributed by atoms with Gasteiger partial charge >= 0.3 is 5.97 Å². The van der Waals surface area contributed by atoms with Crippen LogP contribution in [0.2, 0.25) is 0 Å². The van der Waals surface area contributed by atoms with E-state index in [0.29, 0.717) is 5.69 Å². The van der Waals surface area contributed by atoms with Gasteiger partial charge in [-0.1, -0.05) is 18.2 Å². The maximum Gasteiger partial charge on any atom is 0.338 e. The number of para-hydroxylation sites is 1. The van der Waals surface area contributed by atoms with E-state index in [0.717, 1.165) is 6.07 Å². The van der Waals surface area contributed by atoms with Crippen LogP contribution in [0.4, 0.5) is 5.69 Å². The van der Waals surface area contributed by atoms with Crippen molar-refractivity contribution in [2.45, 2.75) is 24.8 Å². The number of rotatable bonds is 11. The van der Waals surface area contributed by atoms with E-state index < -0.39 is 28.5 Å². The summed E-state index contributed by atoms with van der Waals surface area (Å²) in [6, 6.07) is 12.8. The highest BCUT2D eigenvalue weighted by Crippen LogP contribution is 2.25. The number of ether oxygens (including phenoxy) is 3. The molecule has 1 N–H and O–H groups in total. The van der Waals surface area contributed by atoms with E-state index in [1.807, 2.05) is 32.0 Å². The quantitative estimate of drug-likeness (QED) is 0.401. The number of nitrogens with one attached hydrogen (secondary N) is 1. The third kappa shape index (κ3) is 6.52. The van der Waals surface area contributed by atoms with Crippen LogP contribution >= 0.6 is 0 Å². The number of amides is 1. The predicted octanol–water partition coefficient (Wildman–Crippen LogP) is 2.22. The van der Waals surface area contributed by atoms with Crippen molar-refractivity contribution in [2.24, 2.45) is 0 Å². The SMILES string of the molecule is COCCNS(=O)(=O)c1cc(C(=O)OCC(=O)N(c2ccccc2)C(C)C)ccc1OC. The fraction of sp³-hybridized carbons (Fsp3) is 0.364. The molecule has 0 aliphatic rings. The lowest BCUT2D eigenvalue weighted by Crippen LogP contribution is -2.39. The Bertz CT molecular complexity index is 1020. The fourth-order valence-electron chi connectivity index (χ4n) is 2.97. The molecule has 10 heteroatoms. The number of carbonyl (C=O) groups is 2. The van der Waals surface area contributed by atoms with Gasteiger partial charge in [0.05, 0.1) is 19.3 Å². The average molecular weight is 465 g/mol. The smallest absolute Gasteiger partial charge is 0.338 e. The maximum atomic E-state index is 12.7. The van der Waals surface area contributed by atoms with Crippen LogP contribution in [0.5, 0.6) is 5.75 Å². The van der Waals surface area contributed by atoms with Crippen LogP contribution in [0, 0.1) is 0 Å². The van der Waals surface area contributed by atoms with E-state index in [1.54, 1.807) is 12.1 Å². The Hall–Kier alpha value is -2.95. The highest BCUT2D eigenvalue weighted by Gasteiger charge is 2.24. The van der Waals surface area contributed by atoms with E-state index in [1.165, 1.54) is 31.3 Å². The molecule has 0 heterocycles. The third-order valence-electron chi connectivity index (χ3n) is 4.43. The Labute approximate surface area is 188 Å². The summed E-state index contributed by atoms with van der Waals surface area (Å²) in [5.74, 6) is -1.16. The van der Waals surface area contributed by atoms with Gasteiger partial charge in [-0.3, -0.25) is 4.79 Å². The summed E-state index contributed by atoms with van der Waals surface area (Å²) < 4.78 is 42.7. The minimum Gasteiger partial charge on any atom is -0.495 e. The number of carbonyl (C=O) groups excluding carboxylic acids is 2. The molecular formula is C22H28N2O7S. The van der Waals surface area contributed by atoms with Crippen LogP contribution in [-0.2, 0) is 24.3 Å². The van der Waals surface area contributed by atoms with Crippen LogP contribution in [-0.4, -0.2) is 60.3 Å². The van der Waals surface area contributed by atoms with Crippen molar-refractivity contribution in [3.8, 4) is 5.75 Å². The Balaban J connectivity index is 2.17. The van der Waals surface area contributed by atoms with E-state index >= 15 is 0 Å². The van der Waals surface area contributed by atoms with Gasteiger partial charge in [-0.2, -0.15) is 0 Å². The molecule has 0 unspecified atom stereocenters. The minimum atomic E-state index is -3.96. The van der Waals surface area contributed by atoms with Crippen molar-refractivity contribution >= 4 is 27.6 Å². The molecule has 0 saturated carbocycles. The molecule has 1 amide bonds. The molecule has 0 radical (unpaired) electrons. The maximum absolute atomic E-state index is 12.7. The molecule has 174 valence electrons. The zero-order valence-corrected chi connectivity index (χ0v) is 19.3. The van der Waals surface area contributed by atoms with Crippen molar-refractivity contribution in [3.63, 3.8) is 0 Å². The van der Waals surface area contributed by atoms with Gasteiger partial charge in [-0.05, 0) is 44.2 Å². The van der Waals surface area contributed by atoms with E-state index in [9.17, 15) is 18.0 Å². The fourth-order valence-corrected chi connectivity index (χ4v) is 4.17. The molecule has 2 rings (SSSR count). The first-order valence-corrected chi connectivity index (χ1v) is 11.4. The first kappa shape index (κ1) is 25.3. The lowest BCUT2D eigenvalue weighted by Gasteiger charge is -2.26. The van der Waals surface area contributed by atoms with Gasteiger partial charge in [0.25, 0.3) is 5.91 Å². The summed E-state index contributed by atoms with van der Waals surface area (Å²) in [6.45, 7) is 3.44. The van der Waals surface area contributed by atoms with Crippen molar-refractivity contribution in [1.29, 1.82) is 0 Å². The summed E-state index contributed by atoms with van der Waals surface area (Å²) in [7, 11) is -1.19. The van der Waals surface area contributed by atoms with Crippen molar-refractivity contribution in [1.82, 2.24) is 4.72 Å². The summed E-state index contributed by atoms with van der Waals surface area (Å²) in [4.78, 5) is 26.6. The Morgan fingerprint density at radius 1 is 1.06 bits per heavy atom. The van der Waals surface area contributed by atoms with Gasteiger partial charge in [0.15, 0.2) is 6.61 Å². The number of nitrogens with zero attached hydrogens (tertiary/aromatic N) is 1. The van der Waals surface area contributed by atoms with Gasteiger partial charge in [0, 0.05) is 25.4 Å². The molecule has 32 heavy (non-hydrogen) atoms. The number of sulfonamides is 1. The summed E-state index contributed by atoms with van der Waals surface area (Å²) in [5.41, 5.74) is 0.657. The number of esters is 1. The molecule has 0 atom stereocenters. The van der Waals surface area contributed by atoms with Crippen LogP contribution in [0.1, 0.15) is 24.2 Å². The normalized spacial score (nSPS) is 11.3. The number of methoxy groups -OCH3 is 2. The second-order valence-electron chi connectivity index (χ2n) is 7.03. The monoisotopic (exact) mass is 464 g/mol. The zero-order chi connectivity index (χ0) is 23.7. The first-order valence-electron chi connectivity index (χ1n) is 9.92. The topological polar surface area (TPSA) is 111 Å². The van der Waals surface area contributed by atoms with Gasteiger partial charge in [0.1, 0.15) is 10.6 Å². The van der Waals surface area contributed by atoms with Crippen molar-refractivity contribution in [2.75, 3.05) is 38.9 Å². The number of benzene rings is 2. The minimum absolute atomic E-state index is 0.0264. The summed E-state index contributed by atoms with van der Waals surface area (Å²) in [6.07, 6.45) is 0. The molecule has 2 aromatic carbocycles. The largest absolute Gasteiger partial charge is 0.495 e. The summed E-state index contributed by atoms with van der Waals surface area (Å²) in [5, 5.41) is 0. The standard InChI is InChI=1S/C22H28N2O7S/c1-16(2)24(18-8-6-5-7-9-18)21(25)15-31-22(26)17-10-11-19(30-4)20(14-17)32(27,28)23-12-13-29-3/h5-11,14,16,23H,12-13,15H2,1-4H3. The number of hydrogen-bond donors (Lipinski definition) is 1.